The van der Waals surface area contributed by atoms with Crippen molar-refractivity contribution in [3.05, 3.63) is 29.8 Å². The number of aliphatic carboxylic acids is 1. The van der Waals surface area contributed by atoms with Crippen LogP contribution in [0.25, 0.3) is 0 Å². The van der Waals surface area contributed by atoms with Crippen molar-refractivity contribution >= 4 is 17.6 Å². The van der Waals surface area contributed by atoms with Crippen LogP contribution in [-0.4, -0.2) is 23.5 Å². The quantitative estimate of drug-likeness (QED) is 0.898. The largest absolute Gasteiger partial charge is 0.481 e. The molecular weight excluding hydrogens is 254 g/mol. The molecule has 1 aromatic carbocycles. The summed E-state index contributed by atoms with van der Waals surface area (Å²) in [5, 5.41) is 9.00. The lowest BCUT2D eigenvalue weighted by molar-refractivity contribution is -0.137. The van der Waals surface area contributed by atoms with Gasteiger partial charge in [-0.05, 0) is 17.5 Å². The van der Waals surface area contributed by atoms with Crippen molar-refractivity contribution in [1.29, 1.82) is 0 Å². The fourth-order valence-electron chi connectivity index (χ4n) is 2.67. The summed E-state index contributed by atoms with van der Waals surface area (Å²) in [6.45, 7) is 4.62. The highest BCUT2D eigenvalue weighted by Crippen LogP contribution is 2.38. The van der Waals surface area contributed by atoms with Crippen LogP contribution in [0.5, 0.6) is 0 Å². The minimum absolute atomic E-state index is 0.0735. The molecule has 4 heteroatoms. The first-order valence-electron chi connectivity index (χ1n) is 7.14. The highest BCUT2D eigenvalue weighted by molar-refractivity contribution is 5.96. The number of para-hydroxylation sites is 1. The zero-order valence-corrected chi connectivity index (χ0v) is 12.0. The maximum atomic E-state index is 12.4. The molecule has 2 atom stereocenters. The van der Waals surface area contributed by atoms with E-state index in [0.29, 0.717) is 18.9 Å². The van der Waals surface area contributed by atoms with Gasteiger partial charge in [-0.15, -0.1) is 0 Å². The predicted molar refractivity (Wildman–Crippen MR) is 77.9 cm³/mol. The number of benzene rings is 1. The van der Waals surface area contributed by atoms with Crippen LogP contribution in [0.4, 0.5) is 5.69 Å². The van der Waals surface area contributed by atoms with E-state index in [2.05, 4.69) is 13.8 Å². The average molecular weight is 275 g/mol. The molecule has 0 spiro atoms. The summed E-state index contributed by atoms with van der Waals surface area (Å²) >= 11 is 0. The maximum absolute atomic E-state index is 12.4. The van der Waals surface area contributed by atoms with Gasteiger partial charge < -0.3 is 10.0 Å². The molecule has 1 amide bonds. The number of carboxylic acids is 1. The summed E-state index contributed by atoms with van der Waals surface area (Å²) in [6, 6.07) is 7.63. The third-order valence-corrected chi connectivity index (χ3v) is 4.01. The van der Waals surface area contributed by atoms with Crippen molar-refractivity contribution in [2.24, 2.45) is 5.92 Å². The van der Waals surface area contributed by atoms with Crippen molar-refractivity contribution < 1.29 is 14.7 Å². The molecule has 1 N–H and O–H groups in total. The lowest BCUT2D eigenvalue weighted by Crippen LogP contribution is -2.31. The number of nitrogens with zero attached hydrogens (tertiary/aromatic N) is 1. The molecule has 0 aromatic heterocycles. The number of carbonyl (C=O) groups excluding carboxylic acids is 1. The third kappa shape index (κ3) is 3.00. The van der Waals surface area contributed by atoms with Crippen LogP contribution < -0.4 is 4.90 Å². The Balaban J connectivity index is 2.20. The smallest absolute Gasteiger partial charge is 0.304 e. The zero-order valence-electron chi connectivity index (χ0n) is 12.0. The molecule has 1 aromatic rings. The van der Waals surface area contributed by atoms with Gasteiger partial charge in [0, 0.05) is 24.6 Å². The summed E-state index contributed by atoms with van der Waals surface area (Å²) in [6.07, 6.45) is 1.56. The molecule has 1 aliphatic rings. The SMILES string of the molecule is CCC(C)CC(=O)N1CC(CC(=O)O)c2ccccc21. The predicted octanol–water partition coefficient (Wildman–Crippen LogP) is 3.03. The van der Waals surface area contributed by atoms with Crippen LogP contribution in [0.15, 0.2) is 24.3 Å². The lowest BCUT2D eigenvalue weighted by Gasteiger charge is -2.19. The number of amides is 1. The Hall–Kier alpha value is -1.84. The second-order valence-electron chi connectivity index (χ2n) is 5.58. The van der Waals surface area contributed by atoms with Gasteiger partial charge in [0.15, 0.2) is 0 Å². The number of hydrogen-bond donors (Lipinski definition) is 1. The molecule has 0 bridgehead atoms. The number of fused-ring (bicyclic) bond motifs is 1. The molecule has 0 saturated carbocycles. The Morgan fingerprint density at radius 3 is 2.75 bits per heavy atom. The minimum Gasteiger partial charge on any atom is -0.481 e. The number of rotatable bonds is 5. The minimum atomic E-state index is -0.818. The first-order chi connectivity index (χ1) is 9.52. The first-order valence-corrected chi connectivity index (χ1v) is 7.14. The molecular formula is C16H21NO3. The maximum Gasteiger partial charge on any atom is 0.304 e. The standard InChI is InChI=1S/C16H21NO3/c1-3-11(2)8-15(18)17-10-12(9-16(19)20)13-6-4-5-7-14(13)17/h4-7,11-12H,3,8-10H2,1-2H3,(H,19,20). The molecule has 2 unspecified atom stereocenters. The van der Waals surface area contributed by atoms with Gasteiger partial charge in [0.05, 0.1) is 6.42 Å². The second kappa shape index (κ2) is 6.07. The van der Waals surface area contributed by atoms with E-state index in [0.717, 1.165) is 17.7 Å². The molecule has 0 saturated heterocycles. The molecule has 2 rings (SSSR count). The summed E-state index contributed by atoms with van der Waals surface area (Å²) in [7, 11) is 0. The van der Waals surface area contributed by atoms with E-state index < -0.39 is 5.97 Å². The highest BCUT2D eigenvalue weighted by Gasteiger charge is 2.33. The Labute approximate surface area is 119 Å². The topological polar surface area (TPSA) is 57.6 Å². The van der Waals surface area contributed by atoms with Gasteiger partial charge in [-0.2, -0.15) is 0 Å². The van der Waals surface area contributed by atoms with E-state index in [4.69, 9.17) is 5.11 Å². The van der Waals surface area contributed by atoms with Crippen molar-refractivity contribution in [2.75, 3.05) is 11.4 Å². The Morgan fingerprint density at radius 1 is 1.40 bits per heavy atom. The monoisotopic (exact) mass is 275 g/mol. The van der Waals surface area contributed by atoms with E-state index in [1.165, 1.54) is 0 Å². The molecule has 20 heavy (non-hydrogen) atoms. The average Bonchev–Trinajstić information content (AvgIpc) is 2.77. The van der Waals surface area contributed by atoms with Gasteiger partial charge >= 0.3 is 5.97 Å². The number of carboxylic acid groups (broad SMARTS) is 1. The normalized spacial score (nSPS) is 18.7. The van der Waals surface area contributed by atoms with Crippen molar-refractivity contribution in [3.63, 3.8) is 0 Å². The fraction of sp³-hybridized carbons (Fsp3) is 0.500. The second-order valence-corrected chi connectivity index (χ2v) is 5.58. The molecule has 1 aliphatic heterocycles. The van der Waals surface area contributed by atoms with Crippen LogP contribution in [0.1, 0.15) is 44.6 Å². The Morgan fingerprint density at radius 2 is 2.10 bits per heavy atom. The molecule has 4 nitrogen and oxygen atoms in total. The molecule has 1 heterocycles. The van der Waals surface area contributed by atoms with Gasteiger partial charge in [-0.1, -0.05) is 38.5 Å². The van der Waals surface area contributed by atoms with E-state index in [1.807, 2.05) is 24.3 Å². The number of anilines is 1. The number of hydrogen-bond acceptors (Lipinski definition) is 2. The van der Waals surface area contributed by atoms with E-state index in [1.54, 1.807) is 4.90 Å². The van der Waals surface area contributed by atoms with E-state index >= 15 is 0 Å². The van der Waals surface area contributed by atoms with Gasteiger partial charge in [0.25, 0.3) is 0 Å². The van der Waals surface area contributed by atoms with Gasteiger partial charge in [0.1, 0.15) is 0 Å². The number of carbonyl (C=O) groups is 2. The van der Waals surface area contributed by atoms with Crippen LogP contribution in [-0.2, 0) is 9.59 Å². The van der Waals surface area contributed by atoms with Gasteiger partial charge in [-0.3, -0.25) is 9.59 Å². The van der Waals surface area contributed by atoms with Gasteiger partial charge in [-0.25, -0.2) is 0 Å². The van der Waals surface area contributed by atoms with E-state index in [9.17, 15) is 9.59 Å². The molecule has 0 aliphatic carbocycles. The van der Waals surface area contributed by atoms with Crippen LogP contribution in [0.2, 0.25) is 0 Å². The summed E-state index contributed by atoms with van der Waals surface area (Å²) < 4.78 is 0. The van der Waals surface area contributed by atoms with Crippen LogP contribution in [0, 0.1) is 5.92 Å². The zero-order chi connectivity index (χ0) is 14.7. The van der Waals surface area contributed by atoms with Crippen molar-refractivity contribution in [2.45, 2.75) is 39.0 Å². The molecule has 0 radical (unpaired) electrons. The molecule has 108 valence electrons. The highest BCUT2D eigenvalue weighted by atomic mass is 16.4. The van der Waals surface area contributed by atoms with Crippen molar-refractivity contribution in [1.82, 2.24) is 0 Å². The van der Waals surface area contributed by atoms with Gasteiger partial charge in [0.2, 0.25) is 5.91 Å². The lowest BCUT2D eigenvalue weighted by atomic mass is 9.98. The summed E-state index contributed by atoms with van der Waals surface area (Å²) in [5.41, 5.74) is 1.86. The fourth-order valence-corrected chi connectivity index (χ4v) is 2.67. The van der Waals surface area contributed by atoms with E-state index in [-0.39, 0.29) is 18.2 Å². The Bertz CT molecular complexity index is 512. The van der Waals surface area contributed by atoms with Crippen LogP contribution in [0.3, 0.4) is 0 Å². The van der Waals surface area contributed by atoms with Crippen molar-refractivity contribution in [3.8, 4) is 0 Å². The molecule has 0 fully saturated rings. The third-order valence-electron chi connectivity index (χ3n) is 4.01. The first kappa shape index (κ1) is 14.6. The van der Waals surface area contributed by atoms with Crippen LogP contribution >= 0.6 is 0 Å². The summed E-state index contributed by atoms with van der Waals surface area (Å²) in [5.74, 6) is -0.460. The Kier molecular flexibility index (Phi) is 4.42. The summed E-state index contributed by atoms with van der Waals surface area (Å²) in [4.78, 5) is 25.1.